The van der Waals surface area contributed by atoms with E-state index in [-0.39, 0.29) is 5.91 Å². The highest BCUT2D eigenvalue weighted by atomic mass is 79.9. The van der Waals surface area contributed by atoms with Gasteiger partial charge in [-0.3, -0.25) is 10.2 Å². The maximum absolute atomic E-state index is 12.5. The minimum atomic E-state index is -1.25. The maximum atomic E-state index is 12.5. The second kappa shape index (κ2) is 4.66. The van der Waals surface area contributed by atoms with Crippen LogP contribution in [-0.4, -0.2) is 22.8 Å². The maximum Gasteiger partial charge on any atom is 0.259 e. The van der Waals surface area contributed by atoms with Gasteiger partial charge >= 0.3 is 0 Å². The predicted octanol–water partition coefficient (Wildman–Crippen LogP) is 1.96. The van der Waals surface area contributed by atoms with E-state index in [4.69, 9.17) is 0 Å². The summed E-state index contributed by atoms with van der Waals surface area (Å²) in [7, 11) is 0. The second-order valence-corrected chi connectivity index (χ2v) is 6.24. The summed E-state index contributed by atoms with van der Waals surface area (Å²) in [6.45, 7) is 0. The van der Waals surface area contributed by atoms with Gasteiger partial charge in [0.2, 0.25) is 0 Å². The van der Waals surface area contributed by atoms with Crippen LogP contribution >= 0.6 is 15.9 Å². The van der Waals surface area contributed by atoms with E-state index < -0.39 is 11.6 Å². The quantitative estimate of drug-likeness (QED) is 0.730. The molecule has 3 N–H and O–H groups in total. The summed E-state index contributed by atoms with van der Waals surface area (Å²) in [4.78, 5) is 12.5. The van der Waals surface area contributed by atoms with Crippen molar-refractivity contribution in [2.45, 2.75) is 11.6 Å². The van der Waals surface area contributed by atoms with Crippen LogP contribution in [0.25, 0.3) is 0 Å². The number of nitrogens with one attached hydrogen (secondary N) is 2. The molecule has 2 heterocycles. The SMILES string of the molecule is O=C1Nc2ccccc2C12NN=C(c1ccc(Br)cc1)C2O. The van der Waals surface area contributed by atoms with Crippen molar-refractivity contribution in [3.8, 4) is 0 Å². The van der Waals surface area contributed by atoms with Crippen LogP contribution in [0.2, 0.25) is 0 Å². The van der Waals surface area contributed by atoms with Gasteiger partial charge < -0.3 is 10.4 Å². The molecule has 2 aromatic rings. The number of aliphatic hydroxyl groups is 1. The number of fused-ring (bicyclic) bond motifs is 2. The number of nitrogens with zero attached hydrogens (tertiary/aromatic N) is 1. The lowest BCUT2D eigenvalue weighted by molar-refractivity contribution is -0.124. The zero-order valence-corrected chi connectivity index (χ0v) is 13.0. The van der Waals surface area contributed by atoms with E-state index in [0.29, 0.717) is 17.0 Å². The Kier molecular flexibility index (Phi) is 2.85. The topological polar surface area (TPSA) is 73.7 Å². The fourth-order valence-corrected chi connectivity index (χ4v) is 3.24. The number of hydrazone groups is 1. The molecule has 1 amide bonds. The molecule has 2 atom stereocenters. The number of benzene rings is 2. The third-order valence-corrected chi connectivity index (χ3v) is 4.65. The van der Waals surface area contributed by atoms with E-state index in [1.165, 1.54) is 0 Å². The average Bonchev–Trinajstić information content (AvgIpc) is 3.01. The highest BCUT2D eigenvalue weighted by Crippen LogP contribution is 2.41. The lowest BCUT2D eigenvalue weighted by atomic mass is 9.83. The number of amides is 1. The van der Waals surface area contributed by atoms with Crippen LogP contribution in [-0.2, 0) is 10.3 Å². The normalized spacial score (nSPS) is 25.6. The second-order valence-electron chi connectivity index (χ2n) is 5.33. The van der Waals surface area contributed by atoms with Gasteiger partial charge in [0, 0.05) is 21.3 Å². The van der Waals surface area contributed by atoms with Crippen LogP contribution in [0.5, 0.6) is 0 Å². The molecule has 2 aliphatic heterocycles. The Bertz CT molecular complexity index is 803. The van der Waals surface area contributed by atoms with Gasteiger partial charge in [-0.2, -0.15) is 5.10 Å². The van der Waals surface area contributed by atoms with Crippen molar-refractivity contribution in [3.05, 3.63) is 64.1 Å². The Labute approximate surface area is 135 Å². The number of halogens is 1. The highest BCUT2D eigenvalue weighted by Gasteiger charge is 2.57. The van der Waals surface area contributed by atoms with Crippen molar-refractivity contribution in [1.29, 1.82) is 0 Å². The fourth-order valence-electron chi connectivity index (χ4n) is 2.98. The summed E-state index contributed by atoms with van der Waals surface area (Å²) < 4.78 is 0.941. The monoisotopic (exact) mass is 357 g/mol. The van der Waals surface area contributed by atoms with Crippen LogP contribution in [0.15, 0.2) is 58.1 Å². The molecular weight excluding hydrogens is 346 g/mol. The van der Waals surface area contributed by atoms with Crippen LogP contribution < -0.4 is 10.7 Å². The lowest BCUT2D eigenvalue weighted by Gasteiger charge is -2.25. The molecule has 0 aliphatic carbocycles. The number of para-hydroxylation sites is 1. The van der Waals surface area contributed by atoms with E-state index in [9.17, 15) is 9.90 Å². The number of rotatable bonds is 1. The van der Waals surface area contributed by atoms with Crippen molar-refractivity contribution in [1.82, 2.24) is 5.43 Å². The van der Waals surface area contributed by atoms with Crippen molar-refractivity contribution in [2.24, 2.45) is 5.10 Å². The first kappa shape index (κ1) is 13.5. The minimum absolute atomic E-state index is 0.294. The van der Waals surface area contributed by atoms with E-state index >= 15 is 0 Å². The summed E-state index contributed by atoms with van der Waals surface area (Å²) in [5.41, 5.74) is 4.26. The largest absolute Gasteiger partial charge is 0.383 e. The van der Waals surface area contributed by atoms with Crippen LogP contribution in [0, 0.1) is 0 Å². The average molecular weight is 358 g/mol. The molecule has 110 valence electrons. The van der Waals surface area contributed by atoms with E-state index in [0.717, 1.165) is 10.0 Å². The molecule has 22 heavy (non-hydrogen) atoms. The van der Waals surface area contributed by atoms with Crippen molar-refractivity contribution < 1.29 is 9.90 Å². The molecule has 2 unspecified atom stereocenters. The molecule has 6 heteroatoms. The Balaban J connectivity index is 1.78. The summed E-state index contributed by atoms with van der Waals surface area (Å²) in [6, 6.07) is 14.8. The first-order chi connectivity index (χ1) is 10.6. The lowest BCUT2D eigenvalue weighted by Crippen LogP contribution is -2.52. The number of anilines is 1. The van der Waals surface area contributed by atoms with Crippen LogP contribution in [0.3, 0.4) is 0 Å². The summed E-state index contributed by atoms with van der Waals surface area (Å²) in [5, 5.41) is 17.9. The first-order valence-electron chi connectivity index (χ1n) is 6.82. The molecule has 4 rings (SSSR count). The summed E-state index contributed by atoms with van der Waals surface area (Å²) in [5.74, 6) is -0.294. The van der Waals surface area contributed by atoms with Crippen LogP contribution in [0.1, 0.15) is 11.1 Å². The molecule has 0 aromatic heterocycles. The van der Waals surface area contributed by atoms with E-state index in [1.54, 1.807) is 0 Å². The Hall–Kier alpha value is -2.18. The van der Waals surface area contributed by atoms with Crippen molar-refractivity contribution in [2.75, 3.05) is 5.32 Å². The van der Waals surface area contributed by atoms with Crippen LogP contribution in [0.4, 0.5) is 5.69 Å². The minimum Gasteiger partial charge on any atom is -0.383 e. The van der Waals surface area contributed by atoms with Gasteiger partial charge in [0.25, 0.3) is 5.91 Å². The smallest absolute Gasteiger partial charge is 0.259 e. The van der Waals surface area contributed by atoms with E-state index in [2.05, 4.69) is 31.8 Å². The highest BCUT2D eigenvalue weighted by molar-refractivity contribution is 9.10. The molecule has 2 aliphatic rings. The third kappa shape index (κ3) is 1.68. The Morgan fingerprint density at radius 2 is 1.86 bits per heavy atom. The van der Waals surface area contributed by atoms with E-state index in [1.807, 2.05) is 48.5 Å². The Morgan fingerprint density at radius 3 is 2.64 bits per heavy atom. The van der Waals surface area contributed by atoms with Gasteiger partial charge in [-0.1, -0.05) is 46.3 Å². The Morgan fingerprint density at radius 1 is 1.14 bits per heavy atom. The zero-order chi connectivity index (χ0) is 15.3. The summed E-state index contributed by atoms with van der Waals surface area (Å²) in [6.07, 6.45) is -1.06. The third-order valence-electron chi connectivity index (χ3n) is 4.12. The molecule has 0 saturated heterocycles. The van der Waals surface area contributed by atoms with Gasteiger partial charge in [-0.25, -0.2) is 0 Å². The molecule has 0 bridgehead atoms. The molecule has 0 saturated carbocycles. The summed E-state index contributed by atoms with van der Waals surface area (Å²) >= 11 is 3.38. The van der Waals surface area contributed by atoms with Gasteiger partial charge in [0.15, 0.2) is 5.54 Å². The number of carbonyl (C=O) groups excluding carboxylic acids is 1. The molecule has 1 spiro atoms. The van der Waals surface area contributed by atoms with Crippen molar-refractivity contribution in [3.63, 3.8) is 0 Å². The molecule has 2 aromatic carbocycles. The number of carbonyl (C=O) groups is 1. The standard InChI is InChI=1S/C16H12BrN3O2/c17-10-7-5-9(6-8-10)13-14(21)16(20-19-13)11-3-1-2-4-12(11)18-15(16)22/h1-8,14,20-21H,(H,18,22). The van der Waals surface area contributed by atoms with Gasteiger partial charge in [0.05, 0.1) is 5.71 Å². The molecule has 5 nitrogen and oxygen atoms in total. The first-order valence-corrected chi connectivity index (χ1v) is 7.62. The van der Waals surface area contributed by atoms with Gasteiger partial charge in [0.1, 0.15) is 6.10 Å². The predicted molar refractivity (Wildman–Crippen MR) is 86.6 cm³/mol. The molecular formula is C16H12BrN3O2. The zero-order valence-electron chi connectivity index (χ0n) is 11.4. The van der Waals surface area contributed by atoms with Crippen molar-refractivity contribution >= 4 is 33.2 Å². The number of hydrogen-bond acceptors (Lipinski definition) is 4. The van der Waals surface area contributed by atoms with Gasteiger partial charge in [-0.05, 0) is 18.2 Å². The number of aliphatic hydroxyl groups excluding tert-OH is 1. The molecule has 0 radical (unpaired) electrons. The fraction of sp³-hybridized carbons (Fsp3) is 0.125. The molecule has 0 fully saturated rings. The number of hydrogen-bond donors (Lipinski definition) is 3. The van der Waals surface area contributed by atoms with Gasteiger partial charge in [-0.15, -0.1) is 0 Å².